The number of rotatable bonds is 2. The number of carbonyl (C=O) groups excluding carboxylic acids is 3. The second kappa shape index (κ2) is 6.07. The lowest BCUT2D eigenvalue weighted by Gasteiger charge is -2.20. The number of aromatic nitrogens is 2. The van der Waals surface area contributed by atoms with Gasteiger partial charge in [-0.1, -0.05) is 30.3 Å². The average molecular weight is 346 g/mol. The van der Waals surface area contributed by atoms with Gasteiger partial charge in [-0.25, -0.2) is 14.3 Å². The second-order valence-electron chi connectivity index (χ2n) is 6.00. The van der Waals surface area contributed by atoms with Gasteiger partial charge in [0, 0.05) is 34.6 Å². The van der Waals surface area contributed by atoms with Gasteiger partial charge >= 0.3 is 6.09 Å². The van der Waals surface area contributed by atoms with Gasteiger partial charge in [0.25, 0.3) is 0 Å². The number of hydrogen-bond donors (Lipinski definition) is 0. The number of imidazole rings is 1. The predicted octanol–water partition coefficient (Wildman–Crippen LogP) is 3.40. The van der Waals surface area contributed by atoms with Crippen molar-refractivity contribution in [2.24, 2.45) is 0 Å². The average Bonchev–Trinajstić information content (AvgIpc) is 3.20. The molecule has 2 aromatic carbocycles. The number of carbonyl (C=O) groups is 3. The van der Waals surface area contributed by atoms with Gasteiger partial charge in [-0.3, -0.25) is 9.59 Å². The van der Waals surface area contributed by atoms with Crippen molar-refractivity contribution in [3.05, 3.63) is 89.0 Å². The van der Waals surface area contributed by atoms with Crippen LogP contribution in [0.5, 0.6) is 0 Å². The van der Waals surface area contributed by atoms with Crippen LogP contribution < -0.4 is 0 Å². The van der Waals surface area contributed by atoms with E-state index >= 15 is 0 Å². The first-order chi connectivity index (χ1) is 12.6. The normalized spacial score (nSPS) is 13.7. The van der Waals surface area contributed by atoms with E-state index in [0.717, 1.165) is 0 Å². The highest BCUT2D eigenvalue weighted by Gasteiger charge is 2.30. The molecule has 1 atom stereocenters. The molecule has 1 unspecified atom stereocenters. The van der Waals surface area contributed by atoms with Crippen molar-refractivity contribution in [3.8, 4) is 0 Å². The van der Waals surface area contributed by atoms with E-state index in [-0.39, 0.29) is 11.6 Å². The fraction of sp³-hybridized carbons (Fsp3) is 0.100. The molecule has 1 heterocycles. The van der Waals surface area contributed by atoms with Crippen molar-refractivity contribution in [1.82, 2.24) is 9.55 Å². The zero-order valence-corrected chi connectivity index (χ0v) is 13.9. The molecular formula is C20H14N2O4. The fourth-order valence-corrected chi connectivity index (χ4v) is 3.02. The van der Waals surface area contributed by atoms with Crippen molar-refractivity contribution >= 4 is 17.7 Å². The molecule has 0 spiro atoms. The van der Waals surface area contributed by atoms with Gasteiger partial charge in [0.15, 0.2) is 11.6 Å². The first-order valence-corrected chi connectivity index (χ1v) is 8.07. The molecule has 128 valence electrons. The number of ketones is 2. The molecule has 4 rings (SSSR count). The summed E-state index contributed by atoms with van der Waals surface area (Å²) < 4.78 is 6.61. The summed E-state index contributed by atoms with van der Waals surface area (Å²) in [6.07, 6.45) is 3.16. The SMILES string of the molecule is CC(OC(=O)n1ccnc1)c1ccc2c(c1)C(=O)c1ccccc1C2=O. The van der Waals surface area contributed by atoms with Crippen molar-refractivity contribution in [3.63, 3.8) is 0 Å². The Morgan fingerprint density at radius 2 is 1.65 bits per heavy atom. The molecule has 6 nitrogen and oxygen atoms in total. The molecule has 1 aromatic heterocycles. The minimum absolute atomic E-state index is 0.176. The molecule has 26 heavy (non-hydrogen) atoms. The molecule has 6 heteroatoms. The van der Waals surface area contributed by atoms with Crippen molar-refractivity contribution in [1.29, 1.82) is 0 Å². The summed E-state index contributed by atoms with van der Waals surface area (Å²) in [5, 5.41) is 0. The summed E-state index contributed by atoms with van der Waals surface area (Å²) in [7, 11) is 0. The maximum atomic E-state index is 12.8. The Kier molecular flexibility index (Phi) is 3.73. The van der Waals surface area contributed by atoms with E-state index in [1.54, 1.807) is 49.4 Å². The molecule has 0 fully saturated rings. The van der Waals surface area contributed by atoms with Crippen molar-refractivity contribution in [2.75, 3.05) is 0 Å². The Balaban J connectivity index is 1.66. The van der Waals surface area contributed by atoms with E-state index in [1.165, 1.54) is 23.3 Å². The topological polar surface area (TPSA) is 78.3 Å². The van der Waals surface area contributed by atoms with E-state index in [2.05, 4.69) is 4.98 Å². The van der Waals surface area contributed by atoms with Gasteiger partial charge in [0.05, 0.1) is 0 Å². The molecule has 3 aromatic rings. The Bertz CT molecular complexity index is 1040. The number of fused-ring (bicyclic) bond motifs is 2. The van der Waals surface area contributed by atoms with Crippen LogP contribution in [0.4, 0.5) is 4.79 Å². The van der Waals surface area contributed by atoms with Crippen molar-refractivity contribution < 1.29 is 19.1 Å². The van der Waals surface area contributed by atoms with Gasteiger partial charge in [0.2, 0.25) is 0 Å². The number of hydrogen-bond acceptors (Lipinski definition) is 5. The van der Waals surface area contributed by atoms with E-state index in [0.29, 0.717) is 27.8 Å². The second-order valence-corrected chi connectivity index (χ2v) is 6.00. The zero-order chi connectivity index (χ0) is 18.3. The fourth-order valence-electron chi connectivity index (χ4n) is 3.02. The van der Waals surface area contributed by atoms with Crippen LogP contribution in [0, 0.1) is 0 Å². The molecule has 1 aliphatic carbocycles. The van der Waals surface area contributed by atoms with Crippen LogP contribution in [-0.4, -0.2) is 27.2 Å². The number of nitrogens with zero attached hydrogens (tertiary/aromatic N) is 2. The Morgan fingerprint density at radius 3 is 2.31 bits per heavy atom. The maximum absolute atomic E-state index is 12.8. The van der Waals surface area contributed by atoms with Gasteiger partial charge in [-0.2, -0.15) is 0 Å². The van der Waals surface area contributed by atoms with Gasteiger partial charge in [-0.05, 0) is 24.6 Å². The van der Waals surface area contributed by atoms with Crippen LogP contribution in [0.15, 0.2) is 61.2 Å². The summed E-state index contributed by atoms with van der Waals surface area (Å²) >= 11 is 0. The molecule has 1 aliphatic rings. The smallest absolute Gasteiger partial charge is 0.419 e. The van der Waals surface area contributed by atoms with Gasteiger partial charge in [-0.15, -0.1) is 0 Å². The minimum Gasteiger partial charge on any atom is -0.441 e. The van der Waals surface area contributed by atoms with Gasteiger partial charge in [0.1, 0.15) is 12.4 Å². The Labute approximate surface area is 149 Å². The third-order valence-corrected chi connectivity index (χ3v) is 4.41. The third-order valence-electron chi connectivity index (χ3n) is 4.41. The van der Waals surface area contributed by atoms with Crippen LogP contribution in [-0.2, 0) is 4.74 Å². The van der Waals surface area contributed by atoms with Gasteiger partial charge < -0.3 is 4.74 Å². The van der Waals surface area contributed by atoms with E-state index in [4.69, 9.17) is 4.74 Å². The highest BCUT2D eigenvalue weighted by molar-refractivity contribution is 6.28. The first kappa shape index (κ1) is 16.0. The van der Waals surface area contributed by atoms with Crippen LogP contribution in [0.2, 0.25) is 0 Å². The van der Waals surface area contributed by atoms with E-state index in [1.807, 2.05) is 0 Å². The summed E-state index contributed by atoms with van der Waals surface area (Å²) in [5.74, 6) is -0.380. The highest BCUT2D eigenvalue weighted by Crippen LogP contribution is 2.30. The summed E-state index contributed by atoms with van der Waals surface area (Å²) in [4.78, 5) is 41.2. The lowest BCUT2D eigenvalue weighted by molar-refractivity contribution is 0.0976. The third kappa shape index (κ3) is 2.52. The maximum Gasteiger partial charge on any atom is 0.419 e. The van der Waals surface area contributed by atoms with Crippen LogP contribution in [0.3, 0.4) is 0 Å². The standard InChI is InChI=1S/C20H14N2O4/c1-12(26-20(25)22-9-8-21-11-22)13-6-7-16-17(10-13)19(24)15-5-3-2-4-14(15)18(16)23/h2-12H,1H3. The molecule has 0 bridgehead atoms. The molecule has 0 aliphatic heterocycles. The van der Waals surface area contributed by atoms with Crippen LogP contribution in [0.25, 0.3) is 0 Å². The monoisotopic (exact) mass is 346 g/mol. The number of benzene rings is 2. The molecule has 0 saturated carbocycles. The largest absolute Gasteiger partial charge is 0.441 e. The molecule has 0 saturated heterocycles. The first-order valence-electron chi connectivity index (χ1n) is 8.07. The molecule has 0 N–H and O–H groups in total. The molecule has 0 amide bonds. The summed E-state index contributed by atoms with van der Waals surface area (Å²) in [6.45, 7) is 1.71. The Hall–Kier alpha value is -3.54. The number of ether oxygens (including phenoxy) is 1. The lowest BCUT2D eigenvalue weighted by Crippen LogP contribution is -2.21. The van der Waals surface area contributed by atoms with Crippen LogP contribution in [0.1, 0.15) is 50.4 Å². The predicted molar refractivity (Wildman–Crippen MR) is 92.3 cm³/mol. The van der Waals surface area contributed by atoms with Crippen LogP contribution >= 0.6 is 0 Å². The molecular weight excluding hydrogens is 332 g/mol. The molecule has 0 radical (unpaired) electrons. The highest BCUT2D eigenvalue weighted by atomic mass is 16.6. The van der Waals surface area contributed by atoms with E-state index < -0.39 is 12.2 Å². The Morgan fingerprint density at radius 1 is 1.00 bits per heavy atom. The summed E-state index contributed by atoms with van der Waals surface area (Å²) in [6, 6.07) is 11.7. The van der Waals surface area contributed by atoms with Crippen molar-refractivity contribution in [2.45, 2.75) is 13.0 Å². The van der Waals surface area contributed by atoms with E-state index in [9.17, 15) is 14.4 Å². The zero-order valence-electron chi connectivity index (χ0n) is 13.9. The lowest BCUT2D eigenvalue weighted by atomic mass is 9.83. The quantitative estimate of drug-likeness (QED) is 0.556. The minimum atomic E-state index is -0.588. The summed E-state index contributed by atoms with van der Waals surface area (Å²) in [5.41, 5.74) is 2.14.